The Balaban J connectivity index is 2.07. The highest BCUT2D eigenvalue weighted by Gasteiger charge is 2.39. The van der Waals surface area contributed by atoms with Gasteiger partial charge in [-0.1, -0.05) is 31.2 Å². The van der Waals surface area contributed by atoms with Gasteiger partial charge in [0.1, 0.15) is 0 Å². The van der Waals surface area contributed by atoms with Crippen molar-refractivity contribution < 1.29 is 9.59 Å². The van der Waals surface area contributed by atoms with Gasteiger partial charge in [0.15, 0.2) is 5.78 Å². The van der Waals surface area contributed by atoms with Crippen molar-refractivity contribution in [3.05, 3.63) is 46.7 Å². The fourth-order valence-electron chi connectivity index (χ4n) is 3.71. The maximum Gasteiger partial charge on any atom is 0.242 e. The topological polar surface area (TPSA) is 40.6 Å². The second kappa shape index (κ2) is 6.28. The number of Topliss-reactive ketones (excluding diaryl/α,β-unsaturated/α-hetero) is 1. The van der Waals surface area contributed by atoms with Crippen molar-refractivity contribution >= 4 is 11.7 Å². The molecular formula is C19H24N2O2. The van der Waals surface area contributed by atoms with Crippen LogP contribution in [0, 0.1) is 0 Å². The molecule has 4 heteroatoms. The van der Waals surface area contributed by atoms with E-state index in [0.717, 1.165) is 36.1 Å². The number of benzene rings is 1. The minimum absolute atomic E-state index is 0.0769. The SMILES string of the molecule is CCc1ccc(C2CC(=O)N(N(C)C)C3=C2C(=O)CCC3)cc1. The molecule has 1 aliphatic heterocycles. The van der Waals surface area contributed by atoms with E-state index in [1.165, 1.54) is 5.56 Å². The number of ketones is 1. The zero-order valence-electron chi connectivity index (χ0n) is 14.1. The van der Waals surface area contributed by atoms with Crippen molar-refractivity contribution in [1.29, 1.82) is 0 Å². The van der Waals surface area contributed by atoms with Crippen LogP contribution in [0.25, 0.3) is 0 Å². The average Bonchev–Trinajstić information content (AvgIpc) is 2.54. The van der Waals surface area contributed by atoms with Crippen LogP contribution < -0.4 is 0 Å². The zero-order chi connectivity index (χ0) is 16.6. The number of allylic oxidation sites excluding steroid dienone is 2. The molecule has 1 aromatic rings. The lowest BCUT2D eigenvalue weighted by Gasteiger charge is -2.41. The number of nitrogens with zero attached hydrogens (tertiary/aromatic N) is 2. The van der Waals surface area contributed by atoms with Crippen LogP contribution in [-0.4, -0.2) is 35.8 Å². The smallest absolute Gasteiger partial charge is 0.242 e. The number of carbonyl (C=O) groups is 2. The molecule has 1 unspecified atom stereocenters. The molecule has 1 heterocycles. The Hall–Kier alpha value is -1.94. The summed E-state index contributed by atoms with van der Waals surface area (Å²) in [6.07, 6.45) is 3.59. The summed E-state index contributed by atoms with van der Waals surface area (Å²) in [5.41, 5.74) is 4.12. The lowest BCUT2D eigenvalue weighted by atomic mass is 9.77. The predicted octanol–water partition coefficient (Wildman–Crippen LogP) is 3.05. The third-order valence-electron chi connectivity index (χ3n) is 4.84. The van der Waals surface area contributed by atoms with E-state index in [-0.39, 0.29) is 17.6 Å². The zero-order valence-corrected chi connectivity index (χ0v) is 14.1. The number of hydrogen-bond acceptors (Lipinski definition) is 3. The second-order valence-corrected chi connectivity index (χ2v) is 6.54. The van der Waals surface area contributed by atoms with Gasteiger partial charge in [0, 0.05) is 44.1 Å². The average molecular weight is 312 g/mol. The van der Waals surface area contributed by atoms with E-state index in [4.69, 9.17) is 0 Å². The quantitative estimate of drug-likeness (QED) is 0.861. The summed E-state index contributed by atoms with van der Waals surface area (Å²) >= 11 is 0. The van der Waals surface area contributed by atoms with Crippen molar-refractivity contribution in [3.63, 3.8) is 0 Å². The molecule has 0 bridgehead atoms. The maximum absolute atomic E-state index is 12.6. The molecule has 0 spiro atoms. The van der Waals surface area contributed by atoms with Crippen LogP contribution in [0.2, 0.25) is 0 Å². The molecule has 122 valence electrons. The Labute approximate surface area is 137 Å². The van der Waals surface area contributed by atoms with Crippen molar-refractivity contribution in [1.82, 2.24) is 10.0 Å². The largest absolute Gasteiger partial charge is 0.294 e. The third kappa shape index (κ3) is 2.83. The number of amides is 1. The van der Waals surface area contributed by atoms with Gasteiger partial charge in [0.2, 0.25) is 5.91 Å². The molecule has 4 nitrogen and oxygen atoms in total. The van der Waals surface area contributed by atoms with Crippen molar-refractivity contribution in [3.8, 4) is 0 Å². The first-order valence-electron chi connectivity index (χ1n) is 8.38. The molecule has 1 aliphatic carbocycles. The Morgan fingerprint density at radius 1 is 1.13 bits per heavy atom. The molecule has 0 fully saturated rings. The summed E-state index contributed by atoms with van der Waals surface area (Å²) in [4.78, 5) is 25.2. The number of hydrazine groups is 1. The minimum atomic E-state index is -0.0904. The Kier molecular flexibility index (Phi) is 4.35. The highest BCUT2D eigenvalue weighted by Crippen LogP contribution is 2.41. The normalized spacial score (nSPS) is 21.9. The van der Waals surface area contributed by atoms with Crippen LogP contribution in [0.15, 0.2) is 35.5 Å². The second-order valence-electron chi connectivity index (χ2n) is 6.54. The lowest BCUT2D eigenvalue weighted by molar-refractivity contribution is -0.143. The molecule has 1 aromatic carbocycles. The highest BCUT2D eigenvalue weighted by atomic mass is 16.2. The van der Waals surface area contributed by atoms with Crippen LogP contribution in [0.1, 0.15) is 49.7 Å². The van der Waals surface area contributed by atoms with Crippen LogP contribution >= 0.6 is 0 Å². The van der Waals surface area contributed by atoms with E-state index in [2.05, 4.69) is 31.2 Å². The molecule has 1 atom stereocenters. The first-order chi connectivity index (χ1) is 11.0. The van der Waals surface area contributed by atoms with Gasteiger partial charge in [-0.25, -0.2) is 10.0 Å². The fraction of sp³-hybridized carbons (Fsp3) is 0.474. The van der Waals surface area contributed by atoms with E-state index in [1.807, 2.05) is 14.1 Å². The molecule has 0 radical (unpaired) electrons. The van der Waals surface area contributed by atoms with Crippen molar-refractivity contribution in [2.75, 3.05) is 14.1 Å². The van der Waals surface area contributed by atoms with Crippen LogP contribution in [0.4, 0.5) is 0 Å². The Morgan fingerprint density at radius 3 is 2.43 bits per heavy atom. The van der Waals surface area contributed by atoms with E-state index < -0.39 is 0 Å². The van der Waals surface area contributed by atoms with E-state index in [1.54, 1.807) is 10.0 Å². The van der Waals surface area contributed by atoms with Gasteiger partial charge in [0.05, 0.1) is 0 Å². The van der Waals surface area contributed by atoms with Gasteiger partial charge in [-0.2, -0.15) is 0 Å². The molecule has 0 N–H and O–H groups in total. The summed E-state index contributed by atoms with van der Waals surface area (Å²) in [5, 5.41) is 3.50. The highest BCUT2D eigenvalue weighted by molar-refractivity contribution is 6.01. The summed E-state index contributed by atoms with van der Waals surface area (Å²) in [5.74, 6) is 0.190. The molecule has 23 heavy (non-hydrogen) atoms. The minimum Gasteiger partial charge on any atom is -0.294 e. The summed E-state index contributed by atoms with van der Waals surface area (Å²) in [6.45, 7) is 2.12. The lowest BCUT2D eigenvalue weighted by Crippen LogP contribution is -2.47. The van der Waals surface area contributed by atoms with Crippen LogP contribution in [0.3, 0.4) is 0 Å². The number of carbonyl (C=O) groups excluding carboxylic acids is 2. The monoisotopic (exact) mass is 312 g/mol. The predicted molar refractivity (Wildman–Crippen MR) is 89.6 cm³/mol. The van der Waals surface area contributed by atoms with Gasteiger partial charge < -0.3 is 0 Å². The fourth-order valence-corrected chi connectivity index (χ4v) is 3.71. The van der Waals surface area contributed by atoms with Gasteiger partial charge in [-0.15, -0.1) is 0 Å². The number of rotatable bonds is 3. The molecule has 0 saturated carbocycles. The molecule has 1 amide bonds. The molecule has 3 rings (SSSR count). The third-order valence-corrected chi connectivity index (χ3v) is 4.84. The van der Waals surface area contributed by atoms with Gasteiger partial charge in [0.25, 0.3) is 0 Å². The van der Waals surface area contributed by atoms with Crippen LogP contribution in [-0.2, 0) is 16.0 Å². The Bertz CT molecular complexity index is 658. The van der Waals surface area contributed by atoms with E-state index in [9.17, 15) is 9.59 Å². The van der Waals surface area contributed by atoms with Gasteiger partial charge >= 0.3 is 0 Å². The molecule has 0 aromatic heterocycles. The molecule has 2 aliphatic rings. The first kappa shape index (κ1) is 15.9. The standard InChI is InChI=1S/C19H24N2O2/c1-4-13-8-10-14(11-9-13)15-12-18(23)21(20(2)3)16-6-5-7-17(22)19(15)16/h8-11,15H,4-7,12H2,1-3H3. The number of aryl methyl sites for hydroxylation is 1. The van der Waals surface area contributed by atoms with Crippen molar-refractivity contribution in [2.24, 2.45) is 0 Å². The van der Waals surface area contributed by atoms with Crippen molar-refractivity contribution in [2.45, 2.75) is 44.9 Å². The summed E-state index contributed by atoms with van der Waals surface area (Å²) in [6, 6.07) is 8.36. The Morgan fingerprint density at radius 2 is 1.83 bits per heavy atom. The number of hydrogen-bond donors (Lipinski definition) is 0. The molecular weight excluding hydrogens is 288 g/mol. The van der Waals surface area contributed by atoms with Gasteiger partial charge in [-0.3, -0.25) is 9.59 Å². The van der Waals surface area contributed by atoms with Gasteiger partial charge in [-0.05, 0) is 30.4 Å². The summed E-state index contributed by atoms with van der Waals surface area (Å²) in [7, 11) is 3.72. The molecule has 0 saturated heterocycles. The summed E-state index contributed by atoms with van der Waals surface area (Å²) < 4.78 is 0. The van der Waals surface area contributed by atoms with E-state index in [0.29, 0.717) is 12.8 Å². The van der Waals surface area contributed by atoms with E-state index >= 15 is 0 Å². The maximum atomic E-state index is 12.6. The first-order valence-corrected chi connectivity index (χ1v) is 8.38. The van der Waals surface area contributed by atoms with Crippen LogP contribution in [0.5, 0.6) is 0 Å².